The maximum Gasteiger partial charge on any atom is 0.416 e. The Morgan fingerprint density at radius 1 is 0.865 bits per heavy atom. The van der Waals surface area contributed by atoms with Crippen molar-refractivity contribution in [1.82, 2.24) is 9.80 Å². The molecule has 0 radical (unpaired) electrons. The third-order valence-electron chi connectivity index (χ3n) is 5.47. The fraction of sp³-hybridized carbons (Fsp3) is 0.375. The van der Waals surface area contributed by atoms with Gasteiger partial charge in [0.05, 0.1) is 26.9 Å². The quantitative estimate of drug-likeness (QED) is 0.545. The number of piperazine rings is 1. The maximum atomic E-state index is 13.2. The molecule has 0 aromatic heterocycles. The fourth-order valence-corrected chi connectivity index (χ4v) is 3.67. The SMILES string of the molecule is COc1cc(C(=O)N2CCN(Cc3ccccc3C(F)(F)F)CC2)cc(OC)c1OC.O=C(O)C(=O)O. The van der Waals surface area contributed by atoms with Gasteiger partial charge in [0.2, 0.25) is 5.75 Å². The first-order valence-electron chi connectivity index (χ1n) is 10.9. The number of ether oxygens (including phenoxy) is 3. The molecule has 0 aliphatic carbocycles. The van der Waals surface area contributed by atoms with Crippen molar-refractivity contribution in [3.8, 4) is 17.2 Å². The summed E-state index contributed by atoms with van der Waals surface area (Å²) in [6.45, 7) is 1.94. The molecule has 1 fully saturated rings. The molecule has 1 aliphatic rings. The van der Waals surface area contributed by atoms with Crippen molar-refractivity contribution in [2.45, 2.75) is 12.7 Å². The molecular weight excluding hydrogens is 501 g/mol. The number of aliphatic carboxylic acids is 2. The highest BCUT2D eigenvalue weighted by Gasteiger charge is 2.33. The minimum atomic E-state index is -4.39. The molecule has 2 aromatic rings. The molecule has 202 valence electrons. The van der Waals surface area contributed by atoms with E-state index in [1.165, 1.54) is 33.5 Å². The standard InChI is InChI=1S/C22H25F3N2O4.C2H2O4/c1-29-18-12-16(13-19(30-2)20(18)31-3)21(28)27-10-8-26(9-11-27)14-15-6-4-5-7-17(15)22(23,24)25;3-1(4)2(5)6/h4-7,12-13H,8-11,14H2,1-3H3;(H,3,4)(H,5,6). The summed E-state index contributed by atoms with van der Waals surface area (Å²) in [5, 5.41) is 14.8. The number of alkyl halides is 3. The number of halogens is 3. The lowest BCUT2D eigenvalue weighted by Crippen LogP contribution is -2.48. The first kappa shape index (κ1) is 29.2. The predicted molar refractivity (Wildman–Crippen MR) is 124 cm³/mol. The number of amides is 1. The van der Waals surface area contributed by atoms with E-state index in [1.807, 2.05) is 4.90 Å². The Hall–Kier alpha value is -4.00. The van der Waals surface area contributed by atoms with Gasteiger partial charge in [-0.25, -0.2) is 9.59 Å². The monoisotopic (exact) mass is 528 g/mol. The van der Waals surface area contributed by atoms with Gasteiger partial charge in [-0.2, -0.15) is 13.2 Å². The van der Waals surface area contributed by atoms with Crippen molar-refractivity contribution < 1.29 is 52.0 Å². The zero-order chi connectivity index (χ0) is 27.8. The van der Waals surface area contributed by atoms with E-state index in [9.17, 15) is 18.0 Å². The van der Waals surface area contributed by atoms with E-state index in [2.05, 4.69) is 0 Å². The van der Waals surface area contributed by atoms with Gasteiger partial charge >= 0.3 is 18.1 Å². The van der Waals surface area contributed by atoms with Gasteiger partial charge in [-0.1, -0.05) is 18.2 Å². The molecule has 2 aromatic carbocycles. The molecule has 1 amide bonds. The Balaban J connectivity index is 0.000000717. The Kier molecular flexibility index (Phi) is 10.1. The fourth-order valence-electron chi connectivity index (χ4n) is 3.67. The summed E-state index contributed by atoms with van der Waals surface area (Å²) in [5.41, 5.74) is 0.00991. The van der Waals surface area contributed by atoms with Crippen molar-refractivity contribution in [3.05, 3.63) is 53.1 Å². The van der Waals surface area contributed by atoms with Crippen molar-refractivity contribution >= 4 is 17.8 Å². The van der Waals surface area contributed by atoms with Crippen LogP contribution < -0.4 is 14.2 Å². The van der Waals surface area contributed by atoms with E-state index in [0.29, 0.717) is 49.0 Å². The highest BCUT2D eigenvalue weighted by molar-refractivity contribution is 6.27. The van der Waals surface area contributed by atoms with Gasteiger partial charge < -0.3 is 29.3 Å². The first-order valence-corrected chi connectivity index (χ1v) is 10.9. The van der Waals surface area contributed by atoms with Gasteiger partial charge in [-0.05, 0) is 23.8 Å². The van der Waals surface area contributed by atoms with Gasteiger partial charge in [-0.15, -0.1) is 0 Å². The molecule has 10 nitrogen and oxygen atoms in total. The molecule has 0 spiro atoms. The Morgan fingerprint density at radius 2 is 1.38 bits per heavy atom. The minimum absolute atomic E-state index is 0.182. The summed E-state index contributed by atoms with van der Waals surface area (Å²) in [6, 6.07) is 8.77. The lowest BCUT2D eigenvalue weighted by molar-refractivity contribution is -0.159. The molecule has 0 atom stereocenters. The van der Waals surface area contributed by atoms with Crippen LogP contribution in [0.2, 0.25) is 0 Å². The summed E-state index contributed by atoms with van der Waals surface area (Å²) < 4.78 is 55.6. The normalized spacial score (nSPS) is 13.7. The second-order valence-corrected chi connectivity index (χ2v) is 7.75. The second kappa shape index (κ2) is 12.8. The molecule has 2 N–H and O–H groups in total. The molecule has 0 bridgehead atoms. The van der Waals surface area contributed by atoms with Crippen LogP contribution in [0, 0.1) is 0 Å². The summed E-state index contributed by atoms with van der Waals surface area (Å²) in [6.07, 6.45) is -4.39. The van der Waals surface area contributed by atoms with Crippen LogP contribution in [-0.2, 0) is 22.3 Å². The van der Waals surface area contributed by atoms with Crippen LogP contribution in [0.1, 0.15) is 21.5 Å². The minimum Gasteiger partial charge on any atom is -0.493 e. The summed E-state index contributed by atoms with van der Waals surface area (Å²) in [7, 11) is 4.43. The Morgan fingerprint density at radius 3 is 1.81 bits per heavy atom. The molecule has 13 heteroatoms. The smallest absolute Gasteiger partial charge is 0.416 e. The highest BCUT2D eigenvalue weighted by atomic mass is 19.4. The van der Waals surface area contributed by atoms with Crippen LogP contribution in [-0.4, -0.2) is 85.4 Å². The van der Waals surface area contributed by atoms with Crippen LogP contribution in [0.15, 0.2) is 36.4 Å². The highest BCUT2D eigenvalue weighted by Crippen LogP contribution is 2.38. The van der Waals surface area contributed by atoms with Gasteiger partial charge in [0, 0.05) is 38.3 Å². The number of rotatable bonds is 6. The van der Waals surface area contributed by atoms with E-state index in [-0.39, 0.29) is 18.0 Å². The van der Waals surface area contributed by atoms with E-state index >= 15 is 0 Å². The molecular formula is C24H27F3N2O8. The molecule has 1 heterocycles. The van der Waals surface area contributed by atoms with E-state index in [1.54, 1.807) is 23.1 Å². The van der Waals surface area contributed by atoms with Crippen LogP contribution >= 0.6 is 0 Å². The number of carboxylic acids is 2. The summed E-state index contributed by atoms with van der Waals surface area (Å²) >= 11 is 0. The molecule has 0 unspecified atom stereocenters. The average Bonchev–Trinajstić information content (AvgIpc) is 2.87. The number of carbonyl (C=O) groups excluding carboxylic acids is 1. The van der Waals surface area contributed by atoms with Crippen LogP contribution in [0.4, 0.5) is 13.2 Å². The first-order chi connectivity index (χ1) is 17.4. The third kappa shape index (κ3) is 7.74. The number of hydrogen-bond donors (Lipinski definition) is 2. The molecule has 37 heavy (non-hydrogen) atoms. The number of carbonyl (C=O) groups is 3. The lowest BCUT2D eigenvalue weighted by atomic mass is 10.1. The molecule has 1 saturated heterocycles. The zero-order valence-electron chi connectivity index (χ0n) is 20.4. The lowest BCUT2D eigenvalue weighted by Gasteiger charge is -2.35. The Bertz CT molecular complexity index is 1080. The van der Waals surface area contributed by atoms with Gasteiger partial charge in [-0.3, -0.25) is 9.69 Å². The van der Waals surface area contributed by atoms with Crippen molar-refractivity contribution in [3.63, 3.8) is 0 Å². The second-order valence-electron chi connectivity index (χ2n) is 7.75. The van der Waals surface area contributed by atoms with E-state index in [0.717, 1.165) is 6.07 Å². The third-order valence-corrected chi connectivity index (χ3v) is 5.47. The number of benzene rings is 2. The van der Waals surface area contributed by atoms with Crippen LogP contribution in [0.5, 0.6) is 17.2 Å². The number of carboxylic acid groups (broad SMARTS) is 2. The van der Waals surface area contributed by atoms with Crippen LogP contribution in [0.3, 0.4) is 0 Å². The van der Waals surface area contributed by atoms with Crippen molar-refractivity contribution in [2.24, 2.45) is 0 Å². The van der Waals surface area contributed by atoms with E-state index < -0.39 is 23.7 Å². The molecule has 3 rings (SSSR count). The summed E-state index contributed by atoms with van der Waals surface area (Å²) in [4.78, 5) is 34.8. The predicted octanol–water partition coefficient (Wildman–Crippen LogP) is 2.84. The van der Waals surface area contributed by atoms with E-state index in [4.69, 9.17) is 34.0 Å². The topological polar surface area (TPSA) is 126 Å². The molecule has 1 aliphatic heterocycles. The van der Waals surface area contributed by atoms with Gasteiger partial charge in [0.1, 0.15) is 0 Å². The average molecular weight is 528 g/mol. The molecule has 0 saturated carbocycles. The van der Waals surface area contributed by atoms with Gasteiger partial charge in [0.15, 0.2) is 11.5 Å². The number of methoxy groups -OCH3 is 3. The maximum absolute atomic E-state index is 13.2. The zero-order valence-corrected chi connectivity index (χ0v) is 20.4. The summed E-state index contributed by atoms with van der Waals surface area (Å²) in [5.74, 6) is -2.69. The van der Waals surface area contributed by atoms with Crippen LogP contribution in [0.25, 0.3) is 0 Å². The number of nitrogens with zero attached hydrogens (tertiary/aromatic N) is 2. The van der Waals surface area contributed by atoms with Crippen molar-refractivity contribution in [1.29, 1.82) is 0 Å². The number of hydrogen-bond acceptors (Lipinski definition) is 7. The largest absolute Gasteiger partial charge is 0.493 e. The van der Waals surface area contributed by atoms with Crippen molar-refractivity contribution in [2.75, 3.05) is 47.5 Å². The Labute approximate surface area is 210 Å². The van der Waals surface area contributed by atoms with Gasteiger partial charge in [0.25, 0.3) is 5.91 Å².